The Bertz CT molecular complexity index is 522. The molecule has 1 heterocycles. The van der Waals surface area contributed by atoms with E-state index in [-0.39, 0.29) is 6.04 Å². The summed E-state index contributed by atoms with van der Waals surface area (Å²) in [5, 5.41) is 0. The van der Waals surface area contributed by atoms with E-state index < -0.39 is 0 Å². The highest BCUT2D eigenvalue weighted by atomic mass is 79.9. The van der Waals surface area contributed by atoms with Gasteiger partial charge in [-0.3, -0.25) is 0 Å². The third-order valence-corrected chi connectivity index (χ3v) is 3.20. The van der Waals surface area contributed by atoms with E-state index in [2.05, 4.69) is 20.9 Å². The first kappa shape index (κ1) is 12.1. The van der Waals surface area contributed by atoms with E-state index >= 15 is 0 Å². The van der Waals surface area contributed by atoms with Gasteiger partial charge in [0.15, 0.2) is 0 Å². The van der Waals surface area contributed by atoms with Crippen molar-refractivity contribution in [3.63, 3.8) is 0 Å². The van der Waals surface area contributed by atoms with E-state index in [0.717, 1.165) is 21.6 Å². The second kappa shape index (κ2) is 4.89. The molecule has 1 atom stereocenters. The van der Waals surface area contributed by atoms with Crippen molar-refractivity contribution in [2.24, 2.45) is 5.73 Å². The van der Waals surface area contributed by atoms with Crippen LogP contribution >= 0.6 is 15.9 Å². The lowest BCUT2D eigenvalue weighted by atomic mass is 10.2. The molecule has 2 aromatic rings. The van der Waals surface area contributed by atoms with Crippen molar-refractivity contribution >= 4 is 15.9 Å². The smallest absolute Gasteiger partial charge is 0.135 e. The molecule has 1 aromatic carbocycles. The maximum Gasteiger partial charge on any atom is 0.135 e. The average Bonchev–Trinajstić information content (AvgIpc) is 2.78. The Labute approximate surface area is 109 Å². The van der Waals surface area contributed by atoms with E-state index in [1.807, 2.05) is 29.7 Å². The van der Waals surface area contributed by atoms with Gasteiger partial charge >= 0.3 is 0 Å². The van der Waals surface area contributed by atoms with Crippen LogP contribution in [0.15, 0.2) is 35.2 Å². The number of benzene rings is 1. The molecule has 1 unspecified atom stereocenters. The van der Waals surface area contributed by atoms with E-state index in [4.69, 9.17) is 10.5 Å². The van der Waals surface area contributed by atoms with Gasteiger partial charge < -0.3 is 15.0 Å². The van der Waals surface area contributed by atoms with E-state index in [1.54, 1.807) is 19.6 Å². The van der Waals surface area contributed by atoms with Crippen LogP contribution in [0.3, 0.4) is 0 Å². The van der Waals surface area contributed by atoms with Crippen LogP contribution in [0.5, 0.6) is 5.75 Å². The van der Waals surface area contributed by atoms with Gasteiger partial charge in [0.05, 0.1) is 35.5 Å². The van der Waals surface area contributed by atoms with Gasteiger partial charge in [-0.25, -0.2) is 4.98 Å². The molecule has 5 heteroatoms. The summed E-state index contributed by atoms with van der Waals surface area (Å²) in [5.74, 6) is 0.784. The molecule has 0 spiro atoms. The summed E-state index contributed by atoms with van der Waals surface area (Å²) < 4.78 is 8.15. The van der Waals surface area contributed by atoms with E-state index in [1.165, 1.54) is 0 Å². The molecule has 4 nitrogen and oxygen atoms in total. The summed E-state index contributed by atoms with van der Waals surface area (Å²) in [6, 6.07) is 5.81. The molecular weight excluding hydrogens is 282 g/mol. The Kier molecular flexibility index (Phi) is 3.49. The number of ether oxygens (including phenoxy) is 1. The molecule has 0 saturated heterocycles. The number of rotatable bonds is 3. The van der Waals surface area contributed by atoms with Crippen LogP contribution in [0.2, 0.25) is 0 Å². The summed E-state index contributed by atoms with van der Waals surface area (Å²) in [6.45, 7) is 1.93. The SMILES string of the molecule is COc1cc(-n2cncc2C(C)N)ccc1Br. The number of halogens is 1. The number of hydrogen-bond donors (Lipinski definition) is 1. The summed E-state index contributed by atoms with van der Waals surface area (Å²) in [7, 11) is 1.64. The van der Waals surface area contributed by atoms with E-state index in [0.29, 0.717) is 0 Å². The highest BCUT2D eigenvalue weighted by molar-refractivity contribution is 9.10. The van der Waals surface area contributed by atoms with Crippen LogP contribution in [0.4, 0.5) is 0 Å². The fourth-order valence-corrected chi connectivity index (χ4v) is 2.06. The number of nitrogens with two attached hydrogens (primary N) is 1. The lowest BCUT2D eigenvalue weighted by Gasteiger charge is -2.12. The summed E-state index contributed by atoms with van der Waals surface area (Å²) in [4.78, 5) is 4.13. The first-order valence-electron chi connectivity index (χ1n) is 5.25. The van der Waals surface area contributed by atoms with Gasteiger partial charge in [0.2, 0.25) is 0 Å². The molecule has 0 aliphatic heterocycles. The van der Waals surface area contributed by atoms with Crippen molar-refractivity contribution in [3.05, 3.63) is 40.9 Å². The number of methoxy groups -OCH3 is 1. The third-order valence-electron chi connectivity index (χ3n) is 2.55. The number of hydrogen-bond acceptors (Lipinski definition) is 3. The molecule has 1 aromatic heterocycles. The molecular formula is C12H14BrN3O. The molecule has 17 heavy (non-hydrogen) atoms. The maximum atomic E-state index is 5.90. The van der Waals surface area contributed by atoms with Crippen molar-refractivity contribution in [1.29, 1.82) is 0 Å². The Morgan fingerprint density at radius 3 is 2.88 bits per heavy atom. The van der Waals surface area contributed by atoms with Gasteiger partial charge in [0.25, 0.3) is 0 Å². The summed E-state index contributed by atoms with van der Waals surface area (Å²) in [5.41, 5.74) is 7.84. The molecule has 0 aliphatic rings. The number of imidazole rings is 1. The first-order valence-corrected chi connectivity index (χ1v) is 6.04. The predicted octanol–water partition coefficient (Wildman–Crippen LogP) is 2.66. The average molecular weight is 296 g/mol. The molecule has 2 N–H and O–H groups in total. The Hall–Kier alpha value is -1.33. The molecule has 0 aliphatic carbocycles. The van der Waals surface area contributed by atoms with Crippen molar-refractivity contribution in [1.82, 2.24) is 9.55 Å². The monoisotopic (exact) mass is 295 g/mol. The second-order valence-corrected chi connectivity index (χ2v) is 4.65. The van der Waals surface area contributed by atoms with Crippen LogP contribution in [-0.2, 0) is 0 Å². The molecule has 0 saturated carbocycles. The van der Waals surface area contributed by atoms with Gasteiger partial charge in [-0.15, -0.1) is 0 Å². The van der Waals surface area contributed by atoms with Gasteiger partial charge in [-0.2, -0.15) is 0 Å². The second-order valence-electron chi connectivity index (χ2n) is 3.80. The Morgan fingerprint density at radius 2 is 2.24 bits per heavy atom. The zero-order valence-corrected chi connectivity index (χ0v) is 11.3. The van der Waals surface area contributed by atoms with Crippen molar-refractivity contribution in [2.75, 3.05) is 7.11 Å². The molecule has 0 fully saturated rings. The highest BCUT2D eigenvalue weighted by Crippen LogP contribution is 2.28. The van der Waals surface area contributed by atoms with Crippen LogP contribution in [0, 0.1) is 0 Å². The third kappa shape index (κ3) is 2.35. The normalized spacial score (nSPS) is 12.5. The lowest BCUT2D eigenvalue weighted by Crippen LogP contribution is -2.10. The quantitative estimate of drug-likeness (QED) is 0.947. The Morgan fingerprint density at radius 1 is 1.47 bits per heavy atom. The molecule has 0 radical (unpaired) electrons. The summed E-state index contributed by atoms with van der Waals surface area (Å²) in [6.07, 6.45) is 3.53. The molecule has 0 bridgehead atoms. The lowest BCUT2D eigenvalue weighted by molar-refractivity contribution is 0.412. The fourth-order valence-electron chi connectivity index (χ4n) is 1.66. The van der Waals surface area contributed by atoms with Crippen LogP contribution in [-0.4, -0.2) is 16.7 Å². The van der Waals surface area contributed by atoms with Gasteiger partial charge in [-0.1, -0.05) is 0 Å². The zero-order valence-electron chi connectivity index (χ0n) is 9.72. The molecule has 90 valence electrons. The minimum atomic E-state index is -0.0628. The van der Waals surface area contributed by atoms with Crippen LogP contribution < -0.4 is 10.5 Å². The Balaban J connectivity index is 2.49. The van der Waals surface area contributed by atoms with Crippen molar-refractivity contribution in [2.45, 2.75) is 13.0 Å². The zero-order chi connectivity index (χ0) is 12.4. The van der Waals surface area contributed by atoms with Crippen LogP contribution in [0.1, 0.15) is 18.7 Å². The standard InChI is InChI=1S/C12H14BrN3O/c1-8(14)11-6-15-7-16(11)9-3-4-10(13)12(5-9)17-2/h3-8H,14H2,1-2H3. The summed E-state index contributed by atoms with van der Waals surface area (Å²) >= 11 is 3.43. The van der Waals surface area contributed by atoms with Crippen LogP contribution in [0.25, 0.3) is 5.69 Å². The number of nitrogens with zero attached hydrogens (tertiary/aromatic N) is 2. The van der Waals surface area contributed by atoms with Gasteiger partial charge in [0, 0.05) is 12.1 Å². The molecule has 0 amide bonds. The topological polar surface area (TPSA) is 53.1 Å². The van der Waals surface area contributed by atoms with Gasteiger partial charge in [-0.05, 0) is 35.0 Å². The minimum Gasteiger partial charge on any atom is -0.495 e. The largest absolute Gasteiger partial charge is 0.495 e. The van der Waals surface area contributed by atoms with E-state index in [9.17, 15) is 0 Å². The highest BCUT2D eigenvalue weighted by Gasteiger charge is 2.10. The van der Waals surface area contributed by atoms with Crippen molar-refractivity contribution < 1.29 is 4.74 Å². The molecule has 2 rings (SSSR count). The predicted molar refractivity (Wildman–Crippen MR) is 70.4 cm³/mol. The number of aromatic nitrogens is 2. The fraction of sp³-hybridized carbons (Fsp3) is 0.250. The van der Waals surface area contributed by atoms with Gasteiger partial charge in [0.1, 0.15) is 5.75 Å². The maximum absolute atomic E-state index is 5.90. The van der Waals surface area contributed by atoms with Crippen molar-refractivity contribution in [3.8, 4) is 11.4 Å². The first-order chi connectivity index (χ1) is 8.13. The minimum absolute atomic E-state index is 0.0628.